The molecule has 2 unspecified atom stereocenters. The normalized spacial score (nSPS) is 28.4. The van der Waals surface area contributed by atoms with Gasteiger partial charge in [-0.2, -0.15) is 0 Å². The Morgan fingerprint density at radius 2 is 2.00 bits per heavy atom. The van der Waals surface area contributed by atoms with Gasteiger partial charge in [0, 0.05) is 19.1 Å². The average Bonchev–Trinajstić information content (AvgIpc) is 2.81. The van der Waals surface area contributed by atoms with Crippen molar-refractivity contribution in [1.29, 1.82) is 0 Å². The van der Waals surface area contributed by atoms with E-state index in [-0.39, 0.29) is 6.03 Å². The molecule has 2 aliphatic heterocycles. The molecule has 2 saturated heterocycles. The molecule has 2 rings (SSSR count). The number of likely N-dealkylation sites (tertiary alicyclic amines) is 2. The zero-order chi connectivity index (χ0) is 13.8. The molecule has 108 valence electrons. The first-order chi connectivity index (χ1) is 9.09. The smallest absolute Gasteiger partial charge is 0.326 e. The Hall–Kier alpha value is -1.30. The largest absolute Gasteiger partial charge is 0.480 e. The summed E-state index contributed by atoms with van der Waals surface area (Å²) in [5, 5.41) is 12.0. The Bertz CT molecular complexity index is 348. The molecule has 2 heterocycles. The summed E-state index contributed by atoms with van der Waals surface area (Å²) < 4.78 is 0. The summed E-state index contributed by atoms with van der Waals surface area (Å²) in [4.78, 5) is 27.0. The number of carboxylic acid groups (broad SMARTS) is 1. The van der Waals surface area contributed by atoms with Crippen molar-refractivity contribution >= 4 is 12.0 Å². The van der Waals surface area contributed by atoms with Crippen molar-refractivity contribution in [2.24, 2.45) is 0 Å². The van der Waals surface area contributed by atoms with Gasteiger partial charge < -0.3 is 20.2 Å². The molecule has 2 aliphatic rings. The SMILES string of the molecule is CN1CCCC1CNC(=O)N1CCCCC1C(=O)O. The molecule has 0 aromatic heterocycles. The maximum absolute atomic E-state index is 12.1. The van der Waals surface area contributed by atoms with Crippen molar-refractivity contribution in [3.8, 4) is 0 Å². The lowest BCUT2D eigenvalue weighted by atomic mass is 10.0. The molecule has 0 radical (unpaired) electrons. The van der Waals surface area contributed by atoms with Crippen LogP contribution in [0, 0.1) is 0 Å². The van der Waals surface area contributed by atoms with Gasteiger partial charge in [-0.1, -0.05) is 0 Å². The maximum Gasteiger partial charge on any atom is 0.326 e. The summed E-state index contributed by atoms with van der Waals surface area (Å²) in [7, 11) is 2.06. The lowest BCUT2D eigenvalue weighted by Gasteiger charge is -2.33. The number of aliphatic carboxylic acids is 1. The molecule has 0 aliphatic carbocycles. The summed E-state index contributed by atoms with van der Waals surface area (Å²) in [6.45, 7) is 2.23. The van der Waals surface area contributed by atoms with Gasteiger partial charge >= 0.3 is 12.0 Å². The Balaban J connectivity index is 1.85. The Kier molecular flexibility index (Phi) is 4.63. The maximum atomic E-state index is 12.1. The van der Waals surface area contributed by atoms with Gasteiger partial charge in [-0.05, 0) is 45.7 Å². The number of nitrogens with zero attached hydrogens (tertiary/aromatic N) is 2. The lowest BCUT2D eigenvalue weighted by Crippen LogP contribution is -2.53. The van der Waals surface area contributed by atoms with E-state index in [0.717, 1.165) is 25.8 Å². The molecule has 2 atom stereocenters. The highest BCUT2D eigenvalue weighted by molar-refractivity contribution is 5.82. The van der Waals surface area contributed by atoms with Crippen molar-refractivity contribution in [2.45, 2.75) is 44.2 Å². The first kappa shape index (κ1) is 14.1. The predicted octanol–water partition coefficient (Wildman–Crippen LogP) is 0.729. The minimum absolute atomic E-state index is 0.229. The minimum Gasteiger partial charge on any atom is -0.480 e. The molecule has 2 fully saturated rings. The highest BCUT2D eigenvalue weighted by Gasteiger charge is 2.32. The van der Waals surface area contributed by atoms with Gasteiger partial charge in [-0.3, -0.25) is 0 Å². The van der Waals surface area contributed by atoms with Crippen LogP contribution in [0.4, 0.5) is 4.79 Å². The molecular weight excluding hydrogens is 246 g/mol. The first-order valence-corrected chi connectivity index (χ1v) is 7.07. The van der Waals surface area contributed by atoms with E-state index >= 15 is 0 Å². The number of urea groups is 1. The first-order valence-electron chi connectivity index (χ1n) is 7.07. The van der Waals surface area contributed by atoms with E-state index in [4.69, 9.17) is 5.11 Å². The molecule has 0 spiro atoms. The Morgan fingerprint density at radius 3 is 2.63 bits per heavy atom. The van der Waals surface area contributed by atoms with Gasteiger partial charge in [0.1, 0.15) is 6.04 Å². The third kappa shape index (κ3) is 3.37. The molecule has 0 bridgehead atoms. The van der Waals surface area contributed by atoms with Crippen molar-refractivity contribution < 1.29 is 14.7 Å². The van der Waals surface area contributed by atoms with Crippen LogP contribution in [0.25, 0.3) is 0 Å². The van der Waals surface area contributed by atoms with E-state index in [2.05, 4.69) is 17.3 Å². The third-order valence-corrected chi connectivity index (χ3v) is 4.21. The number of carbonyl (C=O) groups is 2. The molecule has 0 saturated carbocycles. The van der Waals surface area contributed by atoms with Crippen LogP contribution in [0.2, 0.25) is 0 Å². The topological polar surface area (TPSA) is 72.9 Å². The quantitative estimate of drug-likeness (QED) is 0.792. The molecule has 6 nitrogen and oxygen atoms in total. The summed E-state index contributed by atoms with van der Waals surface area (Å²) in [6.07, 6.45) is 4.59. The Morgan fingerprint density at radius 1 is 1.21 bits per heavy atom. The van der Waals surface area contributed by atoms with Crippen LogP contribution in [-0.4, -0.2) is 65.7 Å². The second-order valence-electron chi connectivity index (χ2n) is 5.51. The van der Waals surface area contributed by atoms with Crippen molar-refractivity contribution in [2.75, 3.05) is 26.7 Å². The van der Waals surface area contributed by atoms with Crippen LogP contribution in [0.5, 0.6) is 0 Å². The summed E-state index contributed by atoms with van der Waals surface area (Å²) in [6, 6.07) is -0.500. The fourth-order valence-corrected chi connectivity index (χ4v) is 2.98. The number of nitrogens with one attached hydrogen (secondary N) is 1. The number of piperidine rings is 1. The van der Waals surface area contributed by atoms with E-state index in [9.17, 15) is 9.59 Å². The number of amides is 2. The van der Waals surface area contributed by atoms with Crippen molar-refractivity contribution in [3.63, 3.8) is 0 Å². The third-order valence-electron chi connectivity index (χ3n) is 4.21. The summed E-state index contributed by atoms with van der Waals surface area (Å²) >= 11 is 0. The molecule has 2 N–H and O–H groups in total. The lowest BCUT2D eigenvalue weighted by molar-refractivity contribution is -0.143. The van der Waals surface area contributed by atoms with Crippen LogP contribution in [0.1, 0.15) is 32.1 Å². The average molecular weight is 269 g/mol. The van der Waals surface area contributed by atoms with Gasteiger partial charge in [0.05, 0.1) is 0 Å². The number of rotatable bonds is 3. The molecule has 2 amide bonds. The second-order valence-corrected chi connectivity index (χ2v) is 5.51. The van der Waals surface area contributed by atoms with Crippen LogP contribution >= 0.6 is 0 Å². The van der Waals surface area contributed by atoms with E-state index in [1.54, 1.807) is 0 Å². The number of carboxylic acids is 1. The molecule has 0 aromatic rings. The number of hydrogen-bond donors (Lipinski definition) is 2. The van der Waals surface area contributed by atoms with Gasteiger partial charge in [-0.15, -0.1) is 0 Å². The fraction of sp³-hybridized carbons (Fsp3) is 0.846. The van der Waals surface area contributed by atoms with E-state index in [1.807, 2.05) is 0 Å². The predicted molar refractivity (Wildman–Crippen MR) is 71.0 cm³/mol. The zero-order valence-electron chi connectivity index (χ0n) is 11.5. The van der Waals surface area contributed by atoms with E-state index < -0.39 is 12.0 Å². The Labute approximate surface area is 113 Å². The zero-order valence-corrected chi connectivity index (χ0v) is 11.5. The highest BCUT2D eigenvalue weighted by Crippen LogP contribution is 2.18. The van der Waals surface area contributed by atoms with Gasteiger partial charge in [0.15, 0.2) is 0 Å². The van der Waals surface area contributed by atoms with Gasteiger partial charge in [0.2, 0.25) is 0 Å². The summed E-state index contributed by atoms with van der Waals surface area (Å²) in [5.41, 5.74) is 0. The van der Waals surface area contributed by atoms with E-state index in [0.29, 0.717) is 25.6 Å². The van der Waals surface area contributed by atoms with Gasteiger partial charge in [-0.25, -0.2) is 9.59 Å². The van der Waals surface area contributed by atoms with Crippen LogP contribution in [-0.2, 0) is 4.79 Å². The van der Waals surface area contributed by atoms with Crippen LogP contribution < -0.4 is 5.32 Å². The minimum atomic E-state index is -0.896. The van der Waals surface area contributed by atoms with Crippen LogP contribution in [0.15, 0.2) is 0 Å². The van der Waals surface area contributed by atoms with Crippen molar-refractivity contribution in [3.05, 3.63) is 0 Å². The van der Waals surface area contributed by atoms with E-state index in [1.165, 1.54) is 11.3 Å². The molecular formula is C13H23N3O3. The molecule has 19 heavy (non-hydrogen) atoms. The van der Waals surface area contributed by atoms with Crippen LogP contribution in [0.3, 0.4) is 0 Å². The van der Waals surface area contributed by atoms with Crippen molar-refractivity contribution in [1.82, 2.24) is 15.1 Å². The fourth-order valence-electron chi connectivity index (χ4n) is 2.98. The molecule has 6 heteroatoms. The second kappa shape index (κ2) is 6.23. The number of carbonyl (C=O) groups excluding carboxylic acids is 1. The standard InChI is InChI=1S/C13H23N3O3/c1-15-7-4-5-10(15)9-14-13(19)16-8-3-2-6-11(16)12(17)18/h10-11H,2-9H2,1H3,(H,14,19)(H,17,18). The molecule has 0 aromatic carbocycles. The monoisotopic (exact) mass is 269 g/mol. The number of hydrogen-bond acceptors (Lipinski definition) is 3. The van der Waals surface area contributed by atoms with Gasteiger partial charge in [0.25, 0.3) is 0 Å². The number of likely N-dealkylation sites (N-methyl/N-ethyl adjacent to an activating group) is 1. The summed E-state index contributed by atoms with van der Waals surface area (Å²) in [5.74, 6) is -0.896. The highest BCUT2D eigenvalue weighted by atomic mass is 16.4.